The van der Waals surface area contributed by atoms with Crippen molar-refractivity contribution in [1.82, 2.24) is 5.32 Å². The summed E-state index contributed by atoms with van der Waals surface area (Å²) >= 11 is 0. The highest BCUT2D eigenvalue weighted by molar-refractivity contribution is 5.76. The van der Waals surface area contributed by atoms with Crippen LogP contribution in [0.4, 0.5) is 0 Å². The molecule has 0 bridgehead atoms. The second kappa shape index (κ2) is 7.36. The Bertz CT molecular complexity index is 284. The molecule has 0 radical (unpaired) electrons. The largest absolute Gasteiger partial charge is 0.550 e. The average Bonchev–Trinajstić information content (AvgIpc) is 2.29. The predicted octanol–water partition coefficient (Wildman–Crippen LogP) is -1.81. The molecule has 1 amide bonds. The number of carbonyl (C=O) groups is 2. The number of nitrogens with one attached hydrogen (secondary N) is 2. The van der Waals surface area contributed by atoms with Gasteiger partial charge in [0.25, 0.3) is 5.91 Å². The van der Waals surface area contributed by atoms with E-state index in [4.69, 9.17) is 0 Å². The van der Waals surface area contributed by atoms with Gasteiger partial charge in [-0.3, -0.25) is 4.79 Å². The Kier molecular flexibility index (Phi) is 6.12. The van der Waals surface area contributed by atoms with Gasteiger partial charge in [0.15, 0.2) is 6.54 Å². The van der Waals surface area contributed by atoms with Gasteiger partial charge < -0.3 is 20.1 Å². The fraction of sp³-hybridized carbons (Fsp3) is 0.846. The third kappa shape index (κ3) is 5.49. The molecule has 0 spiro atoms. The first-order chi connectivity index (χ1) is 8.49. The molecule has 1 saturated heterocycles. The van der Waals surface area contributed by atoms with Crippen LogP contribution in [0.15, 0.2) is 0 Å². The summed E-state index contributed by atoms with van der Waals surface area (Å²) in [6, 6.07) is 0. The summed E-state index contributed by atoms with van der Waals surface area (Å²) in [5.41, 5.74) is 0. The monoisotopic (exact) mass is 256 g/mol. The third-order valence-electron chi connectivity index (χ3n) is 3.48. The minimum Gasteiger partial charge on any atom is -0.550 e. The molecule has 1 aliphatic heterocycles. The minimum absolute atomic E-state index is 0.0672. The van der Waals surface area contributed by atoms with Gasteiger partial charge >= 0.3 is 0 Å². The van der Waals surface area contributed by atoms with Gasteiger partial charge in [-0.15, -0.1) is 0 Å². The number of likely N-dealkylation sites (tertiary alicyclic amines) is 1. The van der Waals surface area contributed by atoms with Crippen molar-refractivity contribution in [3.05, 3.63) is 0 Å². The van der Waals surface area contributed by atoms with E-state index in [1.165, 1.54) is 4.90 Å². The number of piperidine rings is 1. The molecule has 1 aliphatic rings. The molecular formula is C13H24N2O3. The number of quaternary nitrogens is 1. The van der Waals surface area contributed by atoms with E-state index in [1.54, 1.807) is 0 Å². The van der Waals surface area contributed by atoms with Crippen LogP contribution in [0.3, 0.4) is 0 Å². The lowest BCUT2D eigenvalue weighted by molar-refractivity contribution is -0.897. The molecule has 0 unspecified atom stereocenters. The summed E-state index contributed by atoms with van der Waals surface area (Å²) in [5, 5.41) is 13.6. The third-order valence-corrected chi connectivity index (χ3v) is 3.48. The van der Waals surface area contributed by atoms with Crippen molar-refractivity contribution in [2.75, 3.05) is 26.2 Å². The standard InChI is InChI=1S/C13H24N2O3/c1-10(2)3-6-14-12(16)9-15-7-4-11(5-8-15)13(17)18/h10-11H,3-9H2,1-2H3,(H,14,16)(H,17,18). The van der Waals surface area contributed by atoms with E-state index in [0.717, 1.165) is 26.1 Å². The Morgan fingerprint density at radius 3 is 2.44 bits per heavy atom. The lowest BCUT2D eigenvalue weighted by Crippen LogP contribution is -3.14. The second-order valence-electron chi connectivity index (χ2n) is 5.55. The molecule has 0 aliphatic carbocycles. The molecule has 0 saturated carbocycles. The highest BCUT2D eigenvalue weighted by Gasteiger charge is 2.24. The van der Waals surface area contributed by atoms with Crippen LogP contribution in [0.1, 0.15) is 33.1 Å². The maximum absolute atomic E-state index is 11.6. The molecule has 1 fully saturated rings. The molecule has 18 heavy (non-hydrogen) atoms. The summed E-state index contributed by atoms with van der Waals surface area (Å²) in [6.07, 6.45) is 2.24. The molecule has 104 valence electrons. The minimum atomic E-state index is -0.949. The van der Waals surface area contributed by atoms with Crippen molar-refractivity contribution in [2.45, 2.75) is 33.1 Å². The first kappa shape index (κ1) is 15.0. The highest BCUT2D eigenvalue weighted by Crippen LogP contribution is 2.07. The molecule has 5 heteroatoms. The van der Waals surface area contributed by atoms with E-state index >= 15 is 0 Å². The molecule has 2 N–H and O–H groups in total. The van der Waals surface area contributed by atoms with Crippen molar-refractivity contribution in [3.8, 4) is 0 Å². The molecule has 0 aromatic carbocycles. The Labute approximate surface area is 109 Å². The Morgan fingerprint density at radius 2 is 1.94 bits per heavy atom. The van der Waals surface area contributed by atoms with Gasteiger partial charge in [0.05, 0.1) is 13.1 Å². The average molecular weight is 256 g/mol. The normalized spacial score (nSPS) is 23.9. The van der Waals surface area contributed by atoms with Gasteiger partial charge in [-0.2, -0.15) is 0 Å². The Hall–Kier alpha value is -1.10. The van der Waals surface area contributed by atoms with E-state index in [2.05, 4.69) is 19.2 Å². The molecule has 5 nitrogen and oxygen atoms in total. The molecule has 0 aromatic rings. The van der Waals surface area contributed by atoms with E-state index in [1.807, 2.05) is 0 Å². The summed E-state index contributed by atoms with van der Waals surface area (Å²) in [6.45, 7) is 6.93. The van der Waals surface area contributed by atoms with Crippen molar-refractivity contribution < 1.29 is 19.6 Å². The number of hydrogen-bond donors (Lipinski definition) is 2. The topological polar surface area (TPSA) is 73.7 Å². The number of aliphatic carboxylic acids is 1. The van der Waals surface area contributed by atoms with Crippen molar-refractivity contribution >= 4 is 11.9 Å². The summed E-state index contributed by atoms with van der Waals surface area (Å²) in [4.78, 5) is 23.5. The zero-order valence-corrected chi connectivity index (χ0v) is 11.3. The number of carbonyl (C=O) groups excluding carboxylic acids is 2. The highest BCUT2D eigenvalue weighted by atomic mass is 16.4. The fourth-order valence-corrected chi connectivity index (χ4v) is 2.23. The first-order valence-electron chi connectivity index (χ1n) is 6.80. The van der Waals surface area contributed by atoms with Crippen LogP contribution in [-0.2, 0) is 9.59 Å². The van der Waals surface area contributed by atoms with Gasteiger partial charge in [0.1, 0.15) is 0 Å². The Morgan fingerprint density at radius 1 is 1.33 bits per heavy atom. The van der Waals surface area contributed by atoms with Crippen LogP contribution in [0, 0.1) is 11.8 Å². The Balaban J connectivity index is 2.16. The summed E-state index contributed by atoms with van der Waals surface area (Å²) in [7, 11) is 0. The molecule has 1 rings (SSSR count). The maximum Gasteiger partial charge on any atom is 0.275 e. The molecular weight excluding hydrogens is 232 g/mol. The van der Waals surface area contributed by atoms with Gasteiger partial charge in [-0.05, 0) is 12.3 Å². The number of rotatable bonds is 6. The van der Waals surface area contributed by atoms with E-state index < -0.39 is 5.97 Å². The fourth-order valence-electron chi connectivity index (χ4n) is 2.23. The van der Waals surface area contributed by atoms with E-state index in [-0.39, 0.29) is 11.8 Å². The van der Waals surface area contributed by atoms with Crippen LogP contribution in [0.5, 0.6) is 0 Å². The second-order valence-corrected chi connectivity index (χ2v) is 5.55. The van der Waals surface area contributed by atoms with Crippen LogP contribution < -0.4 is 15.3 Å². The van der Waals surface area contributed by atoms with Crippen LogP contribution in [0.2, 0.25) is 0 Å². The number of amides is 1. The smallest absolute Gasteiger partial charge is 0.275 e. The van der Waals surface area contributed by atoms with E-state index in [9.17, 15) is 14.7 Å². The zero-order valence-electron chi connectivity index (χ0n) is 11.3. The van der Waals surface area contributed by atoms with Crippen LogP contribution in [-0.4, -0.2) is 38.1 Å². The van der Waals surface area contributed by atoms with Gasteiger partial charge in [-0.1, -0.05) is 13.8 Å². The van der Waals surface area contributed by atoms with Gasteiger partial charge in [0, 0.05) is 31.3 Å². The lowest BCUT2D eigenvalue weighted by atomic mass is 9.97. The molecule has 0 aromatic heterocycles. The maximum atomic E-state index is 11.6. The summed E-state index contributed by atoms with van der Waals surface area (Å²) < 4.78 is 0. The zero-order chi connectivity index (χ0) is 13.5. The SMILES string of the molecule is CC(C)CCNC(=O)C[NH+]1CCC(C(=O)[O-])CC1. The number of carboxylic acid groups (broad SMARTS) is 1. The van der Waals surface area contributed by atoms with Gasteiger partial charge in [-0.25, -0.2) is 0 Å². The lowest BCUT2D eigenvalue weighted by Gasteiger charge is -2.29. The quantitative estimate of drug-likeness (QED) is 0.588. The van der Waals surface area contributed by atoms with Crippen LogP contribution >= 0.6 is 0 Å². The first-order valence-corrected chi connectivity index (χ1v) is 6.80. The number of hydrogen-bond acceptors (Lipinski definition) is 3. The van der Waals surface area contributed by atoms with Crippen molar-refractivity contribution in [2.24, 2.45) is 11.8 Å². The molecule has 1 heterocycles. The van der Waals surface area contributed by atoms with Gasteiger partial charge in [0.2, 0.25) is 0 Å². The predicted molar refractivity (Wildman–Crippen MR) is 65.8 cm³/mol. The van der Waals surface area contributed by atoms with Crippen LogP contribution in [0.25, 0.3) is 0 Å². The number of carboxylic acids is 1. The van der Waals surface area contributed by atoms with E-state index in [0.29, 0.717) is 25.3 Å². The van der Waals surface area contributed by atoms with Crippen molar-refractivity contribution in [1.29, 1.82) is 0 Å². The van der Waals surface area contributed by atoms with Crippen molar-refractivity contribution in [3.63, 3.8) is 0 Å². The summed E-state index contributed by atoms with van der Waals surface area (Å²) in [5.74, 6) is -0.609. The molecule has 0 atom stereocenters.